The molecule has 0 radical (unpaired) electrons. The summed E-state index contributed by atoms with van der Waals surface area (Å²) in [5.41, 5.74) is 5.68. The molecule has 0 aromatic carbocycles. The maximum Gasteiger partial charge on any atom is 0.252 e. The van der Waals surface area contributed by atoms with Crippen LogP contribution in [-0.2, 0) is 6.42 Å². The lowest BCUT2D eigenvalue weighted by atomic mass is 10.2. The van der Waals surface area contributed by atoms with Gasteiger partial charge in [0, 0.05) is 25.1 Å². The molecule has 1 rings (SSSR count). The Morgan fingerprint density at radius 2 is 2.31 bits per heavy atom. The van der Waals surface area contributed by atoms with Gasteiger partial charge in [-0.15, -0.1) is 0 Å². The van der Waals surface area contributed by atoms with E-state index in [1.807, 2.05) is 6.92 Å². The molecule has 0 amide bonds. The second-order valence-corrected chi connectivity index (χ2v) is 3.81. The van der Waals surface area contributed by atoms with Gasteiger partial charge < -0.3 is 16.0 Å². The van der Waals surface area contributed by atoms with Gasteiger partial charge in [0.05, 0.1) is 0 Å². The molecule has 0 fully saturated rings. The Balaban J connectivity index is 2.53. The van der Waals surface area contributed by atoms with Crippen LogP contribution in [0.4, 0.5) is 5.82 Å². The largest absolute Gasteiger partial charge is 0.370 e. The van der Waals surface area contributed by atoms with Crippen molar-refractivity contribution in [1.29, 1.82) is 0 Å². The number of nitrogens with two attached hydrogens (primary N) is 1. The van der Waals surface area contributed by atoms with Gasteiger partial charge in [-0.1, -0.05) is 13.8 Å². The zero-order valence-corrected chi connectivity index (χ0v) is 9.92. The van der Waals surface area contributed by atoms with E-state index in [9.17, 15) is 4.79 Å². The molecule has 1 aromatic rings. The Bertz CT molecular complexity index is 374. The van der Waals surface area contributed by atoms with Crippen molar-refractivity contribution in [1.82, 2.24) is 9.97 Å². The highest BCUT2D eigenvalue weighted by atomic mass is 16.1. The SMILES string of the molecule is CCc1nc(NCCC(N)CC)cc(=O)[nH]1. The third kappa shape index (κ3) is 4.02. The highest BCUT2D eigenvalue weighted by Crippen LogP contribution is 2.01. The van der Waals surface area contributed by atoms with Crippen LogP contribution in [0.5, 0.6) is 0 Å². The molecule has 0 saturated heterocycles. The van der Waals surface area contributed by atoms with Gasteiger partial charge in [-0.25, -0.2) is 4.98 Å². The lowest BCUT2D eigenvalue weighted by molar-refractivity contribution is 0.613. The third-order valence-corrected chi connectivity index (χ3v) is 2.47. The average Bonchev–Trinajstić information content (AvgIpc) is 2.28. The van der Waals surface area contributed by atoms with E-state index in [4.69, 9.17) is 5.73 Å². The van der Waals surface area contributed by atoms with Crippen LogP contribution in [0.15, 0.2) is 10.9 Å². The minimum absolute atomic E-state index is 0.117. The fourth-order valence-electron chi connectivity index (χ4n) is 1.36. The summed E-state index contributed by atoms with van der Waals surface area (Å²) < 4.78 is 0. The Labute approximate surface area is 95.5 Å². The highest BCUT2D eigenvalue weighted by Gasteiger charge is 2.01. The second-order valence-electron chi connectivity index (χ2n) is 3.81. The maximum atomic E-state index is 11.3. The quantitative estimate of drug-likeness (QED) is 0.669. The number of aromatic nitrogens is 2. The number of anilines is 1. The first-order valence-electron chi connectivity index (χ1n) is 5.75. The van der Waals surface area contributed by atoms with Crippen molar-refractivity contribution in [2.24, 2.45) is 5.73 Å². The fourth-order valence-corrected chi connectivity index (χ4v) is 1.36. The molecule has 0 aliphatic heterocycles. The average molecular weight is 224 g/mol. The molecule has 0 aliphatic rings. The number of aryl methyl sites for hydroxylation is 1. The summed E-state index contributed by atoms with van der Waals surface area (Å²) in [7, 11) is 0. The first-order chi connectivity index (χ1) is 7.65. The second kappa shape index (κ2) is 6.27. The van der Waals surface area contributed by atoms with Crippen LogP contribution in [-0.4, -0.2) is 22.6 Å². The minimum Gasteiger partial charge on any atom is -0.370 e. The van der Waals surface area contributed by atoms with Crippen molar-refractivity contribution in [2.45, 2.75) is 39.2 Å². The molecule has 5 heteroatoms. The predicted octanol–water partition coefficient (Wildman–Crippen LogP) is 0.872. The molecule has 16 heavy (non-hydrogen) atoms. The van der Waals surface area contributed by atoms with Gasteiger partial charge in [0.2, 0.25) is 0 Å². The van der Waals surface area contributed by atoms with Crippen LogP contribution in [0, 0.1) is 0 Å². The summed E-state index contributed by atoms with van der Waals surface area (Å²) in [6.07, 6.45) is 2.57. The van der Waals surface area contributed by atoms with E-state index in [1.165, 1.54) is 6.07 Å². The number of nitrogens with one attached hydrogen (secondary N) is 2. The van der Waals surface area contributed by atoms with Gasteiger partial charge in [-0.3, -0.25) is 4.79 Å². The van der Waals surface area contributed by atoms with Crippen molar-refractivity contribution in [2.75, 3.05) is 11.9 Å². The van der Waals surface area contributed by atoms with E-state index < -0.39 is 0 Å². The molecule has 0 spiro atoms. The standard InChI is InChI=1S/C11H20N4O/c1-3-8(12)5-6-13-10-7-11(16)15-9(4-2)14-10/h7-8H,3-6,12H2,1-2H3,(H2,13,14,15,16). The van der Waals surface area contributed by atoms with Crippen LogP contribution in [0.25, 0.3) is 0 Å². The topological polar surface area (TPSA) is 83.8 Å². The Kier molecular flexibility index (Phi) is 4.98. The molecule has 0 aliphatic carbocycles. The molecule has 4 N–H and O–H groups in total. The number of hydrogen-bond donors (Lipinski definition) is 3. The third-order valence-electron chi connectivity index (χ3n) is 2.47. The number of aromatic amines is 1. The van der Waals surface area contributed by atoms with Crippen molar-refractivity contribution < 1.29 is 0 Å². The number of H-pyrrole nitrogens is 1. The number of rotatable bonds is 6. The summed E-state index contributed by atoms with van der Waals surface area (Å²) in [4.78, 5) is 18.2. The van der Waals surface area contributed by atoms with Gasteiger partial charge in [-0.05, 0) is 12.8 Å². The van der Waals surface area contributed by atoms with E-state index in [1.54, 1.807) is 0 Å². The van der Waals surface area contributed by atoms with Crippen molar-refractivity contribution in [3.05, 3.63) is 22.2 Å². The summed E-state index contributed by atoms with van der Waals surface area (Å²) in [6.45, 7) is 4.76. The molecule has 1 unspecified atom stereocenters. The van der Waals surface area contributed by atoms with Crippen molar-refractivity contribution in [3.63, 3.8) is 0 Å². The Morgan fingerprint density at radius 1 is 1.56 bits per heavy atom. The molecule has 1 heterocycles. The molecular formula is C11H20N4O. The van der Waals surface area contributed by atoms with Gasteiger partial charge in [0.25, 0.3) is 5.56 Å². The van der Waals surface area contributed by atoms with E-state index in [2.05, 4.69) is 22.2 Å². The lowest BCUT2D eigenvalue weighted by Crippen LogP contribution is -2.23. The number of nitrogens with zero attached hydrogens (tertiary/aromatic N) is 1. The van der Waals surface area contributed by atoms with E-state index in [0.717, 1.165) is 25.8 Å². The first-order valence-corrected chi connectivity index (χ1v) is 5.75. The summed E-state index contributed by atoms with van der Waals surface area (Å²) in [5.74, 6) is 1.33. The molecular weight excluding hydrogens is 204 g/mol. The van der Waals surface area contributed by atoms with E-state index in [-0.39, 0.29) is 11.6 Å². The van der Waals surface area contributed by atoms with Crippen LogP contribution < -0.4 is 16.6 Å². The van der Waals surface area contributed by atoms with Gasteiger partial charge in [-0.2, -0.15) is 0 Å². The van der Waals surface area contributed by atoms with Crippen LogP contribution >= 0.6 is 0 Å². The lowest BCUT2D eigenvalue weighted by Gasteiger charge is -2.10. The number of hydrogen-bond acceptors (Lipinski definition) is 4. The highest BCUT2D eigenvalue weighted by molar-refractivity contribution is 5.32. The molecule has 90 valence electrons. The van der Waals surface area contributed by atoms with Crippen molar-refractivity contribution >= 4 is 5.82 Å². The summed E-state index contributed by atoms with van der Waals surface area (Å²) >= 11 is 0. The molecule has 1 atom stereocenters. The zero-order valence-electron chi connectivity index (χ0n) is 9.92. The van der Waals surface area contributed by atoms with Crippen LogP contribution in [0.1, 0.15) is 32.5 Å². The molecule has 5 nitrogen and oxygen atoms in total. The maximum absolute atomic E-state index is 11.3. The van der Waals surface area contributed by atoms with Gasteiger partial charge in [0.1, 0.15) is 11.6 Å². The van der Waals surface area contributed by atoms with Gasteiger partial charge >= 0.3 is 0 Å². The Morgan fingerprint density at radius 3 is 2.94 bits per heavy atom. The van der Waals surface area contributed by atoms with E-state index >= 15 is 0 Å². The smallest absolute Gasteiger partial charge is 0.252 e. The van der Waals surface area contributed by atoms with Gasteiger partial charge in [0.15, 0.2) is 0 Å². The minimum atomic E-state index is -0.117. The fraction of sp³-hybridized carbons (Fsp3) is 0.636. The van der Waals surface area contributed by atoms with Crippen molar-refractivity contribution in [3.8, 4) is 0 Å². The first kappa shape index (κ1) is 12.7. The summed E-state index contributed by atoms with van der Waals surface area (Å²) in [6, 6.07) is 1.68. The van der Waals surface area contributed by atoms with Crippen LogP contribution in [0.3, 0.4) is 0 Å². The van der Waals surface area contributed by atoms with Crippen LogP contribution in [0.2, 0.25) is 0 Å². The molecule has 1 aromatic heterocycles. The van der Waals surface area contributed by atoms with E-state index in [0.29, 0.717) is 11.6 Å². The zero-order chi connectivity index (χ0) is 12.0. The summed E-state index contributed by atoms with van der Waals surface area (Å²) in [5, 5.41) is 3.11. The normalized spacial score (nSPS) is 12.4. The Hall–Kier alpha value is -1.36. The predicted molar refractivity (Wildman–Crippen MR) is 65.6 cm³/mol. The molecule has 0 saturated carbocycles. The monoisotopic (exact) mass is 224 g/mol. The molecule has 0 bridgehead atoms.